The minimum absolute atomic E-state index is 0.225. The van der Waals surface area contributed by atoms with Crippen LogP contribution in [0.4, 0.5) is 13.2 Å². The van der Waals surface area contributed by atoms with Gasteiger partial charge in [-0.05, 0) is 12.1 Å². The van der Waals surface area contributed by atoms with Crippen molar-refractivity contribution in [3.63, 3.8) is 0 Å². The number of aromatic nitrogens is 3. The van der Waals surface area contributed by atoms with E-state index in [1.54, 1.807) is 6.07 Å². The van der Waals surface area contributed by atoms with E-state index in [9.17, 15) is 13.2 Å². The summed E-state index contributed by atoms with van der Waals surface area (Å²) in [5, 5.41) is 7.58. The van der Waals surface area contributed by atoms with Gasteiger partial charge in [-0.25, -0.2) is 0 Å². The third kappa shape index (κ3) is 3.44. The molecule has 0 saturated heterocycles. The standard InChI is InChI=1S/C11H11F3N4O/c12-11(13,14)19-10-4-2-1-3-8(10)9-7-18(6-5-15)17-16-9/h1-4,7H,5-6,15H2. The van der Waals surface area contributed by atoms with E-state index in [2.05, 4.69) is 15.0 Å². The van der Waals surface area contributed by atoms with Gasteiger partial charge in [-0.1, -0.05) is 17.3 Å². The zero-order valence-corrected chi connectivity index (χ0v) is 9.76. The van der Waals surface area contributed by atoms with Crippen LogP contribution in [0.15, 0.2) is 30.5 Å². The smallest absolute Gasteiger partial charge is 0.405 e. The molecule has 0 bridgehead atoms. The zero-order valence-electron chi connectivity index (χ0n) is 9.76. The molecule has 0 saturated carbocycles. The summed E-state index contributed by atoms with van der Waals surface area (Å²) in [6, 6.07) is 5.76. The highest BCUT2D eigenvalue weighted by Crippen LogP contribution is 2.32. The molecule has 0 unspecified atom stereocenters. The van der Waals surface area contributed by atoms with E-state index in [1.807, 2.05) is 0 Å². The van der Waals surface area contributed by atoms with Gasteiger partial charge >= 0.3 is 6.36 Å². The number of nitrogens with two attached hydrogens (primary N) is 1. The molecule has 2 aromatic rings. The van der Waals surface area contributed by atoms with Gasteiger partial charge in [-0.3, -0.25) is 4.68 Å². The third-order valence-corrected chi connectivity index (χ3v) is 2.29. The van der Waals surface area contributed by atoms with Crippen molar-refractivity contribution in [3.8, 4) is 17.0 Å². The lowest BCUT2D eigenvalue weighted by Gasteiger charge is -2.11. The first-order valence-corrected chi connectivity index (χ1v) is 5.45. The van der Waals surface area contributed by atoms with Crippen LogP contribution < -0.4 is 10.5 Å². The van der Waals surface area contributed by atoms with Gasteiger partial charge in [0, 0.05) is 12.1 Å². The van der Waals surface area contributed by atoms with Crippen LogP contribution in [0.25, 0.3) is 11.3 Å². The third-order valence-electron chi connectivity index (χ3n) is 2.29. The molecule has 0 spiro atoms. The average Bonchev–Trinajstić information content (AvgIpc) is 2.76. The second-order valence-electron chi connectivity index (χ2n) is 3.70. The van der Waals surface area contributed by atoms with E-state index < -0.39 is 6.36 Å². The number of rotatable bonds is 4. The molecule has 19 heavy (non-hydrogen) atoms. The molecule has 0 aliphatic carbocycles. The molecular formula is C11H11F3N4O. The summed E-state index contributed by atoms with van der Waals surface area (Å²) >= 11 is 0. The molecule has 0 aliphatic rings. The first kappa shape index (κ1) is 13.3. The summed E-state index contributed by atoms with van der Waals surface area (Å²) in [5.41, 5.74) is 5.88. The highest BCUT2D eigenvalue weighted by molar-refractivity contribution is 5.66. The first-order valence-electron chi connectivity index (χ1n) is 5.45. The van der Waals surface area contributed by atoms with Crippen LogP contribution in [0.5, 0.6) is 5.75 Å². The molecule has 1 aromatic heterocycles. The van der Waals surface area contributed by atoms with E-state index in [1.165, 1.54) is 29.1 Å². The number of para-hydroxylation sites is 1. The fourth-order valence-electron chi connectivity index (χ4n) is 1.56. The maximum atomic E-state index is 12.3. The van der Waals surface area contributed by atoms with E-state index >= 15 is 0 Å². The molecule has 102 valence electrons. The molecule has 1 heterocycles. The number of alkyl halides is 3. The molecule has 0 atom stereocenters. The Labute approximate surface area is 106 Å². The number of hydrogen-bond acceptors (Lipinski definition) is 4. The van der Waals surface area contributed by atoms with Crippen molar-refractivity contribution < 1.29 is 17.9 Å². The van der Waals surface area contributed by atoms with Gasteiger partial charge in [0.25, 0.3) is 0 Å². The Morgan fingerprint density at radius 3 is 2.68 bits per heavy atom. The summed E-state index contributed by atoms with van der Waals surface area (Å²) in [4.78, 5) is 0. The Morgan fingerprint density at radius 2 is 2.00 bits per heavy atom. The van der Waals surface area contributed by atoms with Crippen LogP contribution in [-0.4, -0.2) is 27.9 Å². The lowest BCUT2D eigenvalue weighted by atomic mass is 10.1. The molecular weight excluding hydrogens is 261 g/mol. The largest absolute Gasteiger partial charge is 0.573 e. The van der Waals surface area contributed by atoms with E-state index in [0.717, 1.165) is 0 Å². The van der Waals surface area contributed by atoms with E-state index in [0.29, 0.717) is 18.8 Å². The van der Waals surface area contributed by atoms with Crippen molar-refractivity contribution in [2.24, 2.45) is 5.73 Å². The maximum Gasteiger partial charge on any atom is 0.573 e. The monoisotopic (exact) mass is 272 g/mol. The van der Waals surface area contributed by atoms with Crippen molar-refractivity contribution in [3.05, 3.63) is 30.5 Å². The lowest BCUT2D eigenvalue weighted by Crippen LogP contribution is -2.17. The van der Waals surface area contributed by atoms with Gasteiger partial charge in [0.2, 0.25) is 0 Å². The Bertz CT molecular complexity index is 553. The molecule has 0 amide bonds. The number of halogens is 3. The number of nitrogens with zero attached hydrogens (tertiary/aromatic N) is 3. The molecule has 2 rings (SSSR count). The fraction of sp³-hybridized carbons (Fsp3) is 0.273. The summed E-state index contributed by atoms with van der Waals surface area (Å²) in [5.74, 6) is -0.310. The Balaban J connectivity index is 2.32. The average molecular weight is 272 g/mol. The first-order chi connectivity index (χ1) is 8.99. The summed E-state index contributed by atoms with van der Waals surface area (Å²) in [6.45, 7) is 0.804. The Kier molecular flexibility index (Phi) is 3.70. The molecule has 0 aliphatic heterocycles. The van der Waals surface area contributed by atoms with Crippen LogP contribution in [0.3, 0.4) is 0 Å². The number of ether oxygens (including phenoxy) is 1. The second kappa shape index (κ2) is 5.27. The van der Waals surface area contributed by atoms with Gasteiger partial charge in [0.05, 0.1) is 12.7 Å². The van der Waals surface area contributed by atoms with Crippen molar-refractivity contribution in [2.75, 3.05) is 6.54 Å². The predicted molar refractivity (Wildman–Crippen MR) is 61.2 cm³/mol. The van der Waals surface area contributed by atoms with E-state index in [4.69, 9.17) is 5.73 Å². The quantitative estimate of drug-likeness (QED) is 0.921. The SMILES string of the molecule is NCCn1cc(-c2ccccc2OC(F)(F)F)nn1. The van der Waals surface area contributed by atoms with Gasteiger partial charge < -0.3 is 10.5 Å². The van der Waals surface area contributed by atoms with Gasteiger partial charge in [0.15, 0.2) is 0 Å². The number of hydrogen-bond donors (Lipinski definition) is 1. The van der Waals surface area contributed by atoms with Crippen LogP contribution in [0, 0.1) is 0 Å². The van der Waals surface area contributed by atoms with Crippen LogP contribution >= 0.6 is 0 Å². The highest BCUT2D eigenvalue weighted by atomic mass is 19.4. The van der Waals surface area contributed by atoms with E-state index in [-0.39, 0.29) is 11.3 Å². The van der Waals surface area contributed by atoms with Gasteiger partial charge in [-0.15, -0.1) is 18.3 Å². The summed E-state index contributed by atoms with van der Waals surface area (Å²) < 4.78 is 42.3. The summed E-state index contributed by atoms with van der Waals surface area (Å²) in [7, 11) is 0. The van der Waals surface area contributed by atoms with Gasteiger partial charge in [-0.2, -0.15) is 0 Å². The molecule has 1 aromatic carbocycles. The number of benzene rings is 1. The van der Waals surface area contributed by atoms with Crippen LogP contribution in [-0.2, 0) is 6.54 Å². The van der Waals surface area contributed by atoms with Crippen molar-refractivity contribution in [1.29, 1.82) is 0 Å². The topological polar surface area (TPSA) is 66.0 Å². The minimum atomic E-state index is -4.75. The normalized spacial score (nSPS) is 11.6. The molecule has 0 radical (unpaired) electrons. The van der Waals surface area contributed by atoms with Crippen molar-refractivity contribution in [1.82, 2.24) is 15.0 Å². The molecule has 8 heteroatoms. The second-order valence-corrected chi connectivity index (χ2v) is 3.70. The van der Waals surface area contributed by atoms with Crippen LogP contribution in [0.1, 0.15) is 0 Å². The molecule has 2 N–H and O–H groups in total. The van der Waals surface area contributed by atoms with Crippen molar-refractivity contribution in [2.45, 2.75) is 12.9 Å². The lowest BCUT2D eigenvalue weighted by molar-refractivity contribution is -0.274. The summed E-state index contributed by atoms with van der Waals surface area (Å²) in [6.07, 6.45) is -3.23. The fourth-order valence-corrected chi connectivity index (χ4v) is 1.56. The highest BCUT2D eigenvalue weighted by Gasteiger charge is 2.32. The van der Waals surface area contributed by atoms with Crippen LogP contribution in [0.2, 0.25) is 0 Å². The molecule has 5 nitrogen and oxygen atoms in total. The zero-order chi connectivity index (χ0) is 13.9. The maximum absolute atomic E-state index is 12.3. The Morgan fingerprint density at radius 1 is 1.26 bits per heavy atom. The molecule has 0 fully saturated rings. The minimum Gasteiger partial charge on any atom is -0.405 e. The Hall–Kier alpha value is -2.09. The predicted octanol–water partition coefficient (Wildman–Crippen LogP) is 1.80. The van der Waals surface area contributed by atoms with Crippen molar-refractivity contribution >= 4 is 0 Å². The van der Waals surface area contributed by atoms with Gasteiger partial charge in [0.1, 0.15) is 11.4 Å².